The molecule has 2 aliphatic carbocycles. The zero-order valence-electron chi connectivity index (χ0n) is 10.4. The van der Waals surface area contributed by atoms with Gasteiger partial charge >= 0.3 is 0 Å². The molecule has 0 spiro atoms. The fourth-order valence-electron chi connectivity index (χ4n) is 4.41. The number of hydrogen-bond donors (Lipinski definition) is 1. The molecule has 2 heteroatoms. The Labute approximate surface area is 98.9 Å². The molecule has 6 atom stereocenters. The van der Waals surface area contributed by atoms with Crippen LogP contribution >= 0.6 is 0 Å². The van der Waals surface area contributed by atoms with Crippen LogP contribution in [0.15, 0.2) is 0 Å². The molecule has 92 valence electrons. The van der Waals surface area contributed by atoms with E-state index in [1.165, 1.54) is 38.5 Å². The zero-order chi connectivity index (χ0) is 11.1. The van der Waals surface area contributed by atoms with Crippen LogP contribution in [0.5, 0.6) is 0 Å². The van der Waals surface area contributed by atoms with E-state index in [0.717, 1.165) is 24.4 Å². The maximum Gasteiger partial charge on any atom is 0.0752 e. The Morgan fingerprint density at radius 1 is 1.25 bits per heavy atom. The minimum absolute atomic E-state index is 0.293. The summed E-state index contributed by atoms with van der Waals surface area (Å²) in [6, 6.07) is 0.293. The van der Waals surface area contributed by atoms with Crippen molar-refractivity contribution in [2.45, 2.75) is 57.6 Å². The molecular formula is C14H25NO. The first-order valence-corrected chi connectivity index (χ1v) is 7.11. The van der Waals surface area contributed by atoms with Crippen LogP contribution in [0.25, 0.3) is 0 Å². The molecule has 0 aromatic heterocycles. The first kappa shape index (κ1) is 11.0. The van der Waals surface area contributed by atoms with Gasteiger partial charge in [0, 0.05) is 12.6 Å². The summed E-state index contributed by atoms with van der Waals surface area (Å²) in [7, 11) is 0. The molecule has 0 radical (unpaired) electrons. The molecule has 2 nitrogen and oxygen atoms in total. The summed E-state index contributed by atoms with van der Waals surface area (Å²) in [5.41, 5.74) is 6.36. The zero-order valence-corrected chi connectivity index (χ0v) is 10.4. The van der Waals surface area contributed by atoms with Gasteiger partial charge < -0.3 is 10.5 Å². The van der Waals surface area contributed by atoms with Gasteiger partial charge in [-0.1, -0.05) is 13.3 Å². The first-order chi connectivity index (χ1) is 7.74. The molecule has 3 rings (SSSR count). The molecule has 6 unspecified atom stereocenters. The van der Waals surface area contributed by atoms with Crippen LogP contribution < -0.4 is 5.73 Å². The van der Waals surface area contributed by atoms with Crippen molar-refractivity contribution < 1.29 is 4.74 Å². The predicted octanol–water partition coefficient (Wildman–Crippen LogP) is 2.57. The normalized spacial score (nSPS) is 48.8. The van der Waals surface area contributed by atoms with Crippen LogP contribution in [0.3, 0.4) is 0 Å². The Bertz CT molecular complexity index is 255. The first-order valence-electron chi connectivity index (χ1n) is 7.11. The van der Waals surface area contributed by atoms with Gasteiger partial charge in [0.2, 0.25) is 0 Å². The third kappa shape index (κ3) is 1.91. The summed E-state index contributed by atoms with van der Waals surface area (Å²) >= 11 is 0. The Hall–Kier alpha value is -0.0800. The molecular weight excluding hydrogens is 198 g/mol. The molecule has 1 aliphatic heterocycles. The summed E-state index contributed by atoms with van der Waals surface area (Å²) in [6.45, 7) is 3.22. The maximum atomic E-state index is 6.36. The van der Waals surface area contributed by atoms with Crippen molar-refractivity contribution in [1.29, 1.82) is 0 Å². The SMILES string of the molecule is CC1CCOC1C(N)CC1CC2CCC1C2. The highest BCUT2D eigenvalue weighted by Crippen LogP contribution is 2.50. The van der Waals surface area contributed by atoms with E-state index in [-0.39, 0.29) is 0 Å². The predicted molar refractivity (Wildman–Crippen MR) is 65.1 cm³/mol. The number of ether oxygens (including phenoxy) is 1. The monoisotopic (exact) mass is 223 g/mol. The topological polar surface area (TPSA) is 35.2 Å². The number of rotatable bonds is 3. The van der Waals surface area contributed by atoms with Crippen molar-refractivity contribution in [1.82, 2.24) is 0 Å². The van der Waals surface area contributed by atoms with Crippen LogP contribution in [0, 0.1) is 23.7 Å². The highest BCUT2D eigenvalue weighted by atomic mass is 16.5. The summed E-state index contributed by atoms with van der Waals surface area (Å²) in [5.74, 6) is 3.65. The minimum atomic E-state index is 0.293. The lowest BCUT2D eigenvalue weighted by Crippen LogP contribution is -2.39. The largest absolute Gasteiger partial charge is 0.376 e. The molecule has 0 aromatic rings. The minimum Gasteiger partial charge on any atom is -0.376 e. The summed E-state index contributed by atoms with van der Waals surface area (Å²) in [6.07, 6.45) is 8.69. The second-order valence-electron chi connectivity index (χ2n) is 6.44. The molecule has 2 bridgehead atoms. The summed E-state index contributed by atoms with van der Waals surface area (Å²) in [5, 5.41) is 0. The van der Waals surface area contributed by atoms with Crippen LogP contribution in [0.4, 0.5) is 0 Å². The van der Waals surface area contributed by atoms with Gasteiger partial charge in [-0.05, 0) is 55.8 Å². The molecule has 2 saturated carbocycles. The fraction of sp³-hybridized carbons (Fsp3) is 1.00. The second kappa shape index (κ2) is 4.30. The number of fused-ring (bicyclic) bond motifs is 2. The molecule has 16 heavy (non-hydrogen) atoms. The Kier molecular flexibility index (Phi) is 2.97. The van der Waals surface area contributed by atoms with Crippen molar-refractivity contribution in [2.75, 3.05) is 6.61 Å². The number of hydrogen-bond acceptors (Lipinski definition) is 2. The van der Waals surface area contributed by atoms with Gasteiger partial charge in [0.25, 0.3) is 0 Å². The van der Waals surface area contributed by atoms with E-state index in [9.17, 15) is 0 Å². The molecule has 3 fully saturated rings. The van der Waals surface area contributed by atoms with Crippen molar-refractivity contribution in [3.05, 3.63) is 0 Å². The standard InChI is InChI=1S/C14H25NO/c1-9-4-5-16-14(9)13(15)8-12-7-10-2-3-11(12)6-10/h9-14H,2-8,15H2,1H3. The summed E-state index contributed by atoms with van der Waals surface area (Å²) in [4.78, 5) is 0. The van der Waals surface area contributed by atoms with Crippen molar-refractivity contribution in [2.24, 2.45) is 29.4 Å². The lowest BCUT2D eigenvalue weighted by molar-refractivity contribution is 0.0617. The number of nitrogens with two attached hydrogens (primary N) is 1. The van der Waals surface area contributed by atoms with Gasteiger partial charge in [-0.3, -0.25) is 0 Å². The van der Waals surface area contributed by atoms with Crippen molar-refractivity contribution in [3.63, 3.8) is 0 Å². The maximum absolute atomic E-state index is 6.36. The second-order valence-corrected chi connectivity index (χ2v) is 6.44. The molecule has 0 aromatic carbocycles. The van der Waals surface area contributed by atoms with Crippen LogP contribution in [0.2, 0.25) is 0 Å². The van der Waals surface area contributed by atoms with E-state index < -0.39 is 0 Å². The van der Waals surface area contributed by atoms with Gasteiger partial charge in [-0.15, -0.1) is 0 Å². The lowest BCUT2D eigenvalue weighted by Gasteiger charge is -2.29. The molecule has 1 heterocycles. The van der Waals surface area contributed by atoms with E-state index in [2.05, 4.69) is 6.92 Å². The molecule has 0 amide bonds. The van der Waals surface area contributed by atoms with E-state index in [1.54, 1.807) is 0 Å². The van der Waals surface area contributed by atoms with E-state index in [4.69, 9.17) is 10.5 Å². The summed E-state index contributed by atoms with van der Waals surface area (Å²) < 4.78 is 5.79. The van der Waals surface area contributed by atoms with Gasteiger partial charge in [0.05, 0.1) is 6.10 Å². The van der Waals surface area contributed by atoms with Crippen LogP contribution in [-0.4, -0.2) is 18.8 Å². The smallest absolute Gasteiger partial charge is 0.0752 e. The van der Waals surface area contributed by atoms with Gasteiger partial charge in [-0.25, -0.2) is 0 Å². The molecule has 1 saturated heterocycles. The third-order valence-corrected chi connectivity index (χ3v) is 5.33. The highest BCUT2D eigenvalue weighted by molar-refractivity contribution is 4.93. The molecule has 3 aliphatic rings. The van der Waals surface area contributed by atoms with Crippen molar-refractivity contribution in [3.8, 4) is 0 Å². The van der Waals surface area contributed by atoms with Gasteiger partial charge in [-0.2, -0.15) is 0 Å². The quantitative estimate of drug-likeness (QED) is 0.798. The molecule has 2 N–H and O–H groups in total. The van der Waals surface area contributed by atoms with Gasteiger partial charge in [0.1, 0.15) is 0 Å². The fourth-order valence-corrected chi connectivity index (χ4v) is 4.41. The average molecular weight is 223 g/mol. The van der Waals surface area contributed by atoms with E-state index in [1.807, 2.05) is 0 Å². The Balaban J connectivity index is 1.54. The van der Waals surface area contributed by atoms with Crippen LogP contribution in [-0.2, 0) is 4.74 Å². The third-order valence-electron chi connectivity index (χ3n) is 5.33. The van der Waals surface area contributed by atoms with E-state index >= 15 is 0 Å². The lowest BCUT2D eigenvalue weighted by atomic mass is 9.82. The Morgan fingerprint density at radius 3 is 2.69 bits per heavy atom. The van der Waals surface area contributed by atoms with Crippen molar-refractivity contribution >= 4 is 0 Å². The van der Waals surface area contributed by atoms with E-state index in [0.29, 0.717) is 18.1 Å². The highest BCUT2D eigenvalue weighted by Gasteiger charge is 2.41. The van der Waals surface area contributed by atoms with Crippen LogP contribution in [0.1, 0.15) is 45.4 Å². The van der Waals surface area contributed by atoms with Gasteiger partial charge in [0.15, 0.2) is 0 Å². The average Bonchev–Trinajstić information content (AvgIpc) is 2.92. The Morgan fingerprint density at radius 2 is 2.12 bits per heavy atom.